The third kappa shape index (κ3) is 2.02. The number of hydrogen-bond donors (Lipinski definition) is 0. The van der Waals surface area contributed by atoms with E-state index in [1.165, 1.54) is 32.1 Å². The Balaban J connectivity index is 1.77. The quantitative estimate of drug-likeness (QED) is 0.662. The van der Waals surface area contributed by atoms with E-state index in [0.29, 0.717) is 0 Å². The molecule has 1 aliphatic heterocycles. The molecule has 14 heavy (non-hydrogen) atoms. The molecule has 2 fully saturated rings. The monoisotopic (exact) mass is 196 g/mol. The van der Waals surface area contributed by atoms with Crippen molar-refractivity contribution in [3.63, 3.8) is 0 Å². The molecule has 0 bridgehead atoms. The molecule has 0 unspecified atom stereocenters. The van der Waals surface area contributed by atoms with Crippen molar-refractivity contribution in [2.75, 3.05) is 26.7 Å². The van der Waals surface area contributed by atoms with Gasteiger partial charge >= 0.3 is 6.03 Å². The first-order chi connectivity index (χ1) is 6.77. The van der Waals surface area contributed by atoms with Crippen LogP contribution in [0.3, 0.4) is 0 Å². The average molecular weight is 196 g/mol. The van der Waals surface area contributed by atoms with Gasteiger partial charge in [0.05, 0.1) is 0 Å². The zero-order valence-corrected chi connectivity index (χ0v) is 9.04. The maximum absolute atomic E-state index is 11.9. The summed E-state index contributed by atoms with van der Waals surface area (Å²) in [5.74, 6) is 0.784. The Labute approximate surface area is 86.1 Å². The number of hydrogen-bond acceptors (Lipinski definition) is 1. The maximum atomic E-state index is 11.9. The SMILES string of the molecule is CN(CC1CCC1)C(=O)N1CCCC1. The minimum atomic E-state index is 0.245. The summed E-state index contributed by atoms with van der Waals surface area (Å²) >= 11 is 0. The zero-order chi connectivity index (χ0) is 9.97. The van der Waals surface area contributed by atoms with Crippen LogP contribution >= 0.6 is 0 Å². The molecule has 0 aromatic heterocycles. The standard InChI is InChI=1S/C11H20N2O/c1-12(9-10-5-4-6-10)11(14)13-7-2-3-8-13/h10H,2-9H2,1H3. The molecule has 0 aromatic carbocycles. The fourth-order valence-corrected chi connectivity index (χ4v) is 2.29. The van der Waals surface area contributed by atoms with Crippen LogP contribution in [0.1, 0.15) is 32.1 Å². The van der Waals surface area contributed by atoms with Gasteiger partial charge in [-0.3, -0.25) is 0 Å². The molecule has 3 heteroatoms. The molecule has 0 N–H and O–H groups in total. The van der Waals surface area contributed by atoms with Gasteiger partial charge in [0, 0.05) is 26.7 Å². The van der Waals surface area contributed by atoms with E-state index in [4.69, 9.17) is 0 Å². The molecule has 0 atom stereocenters. The van der Waals surface area contributed by atoms with Crippen LogP contribution in [0, 0.1) is 5.92 Å². The third-order valence-electron chi connectivity index (χ3n) is 3.46. The van der Waals surface area contributed by atoms with Crippen LogP contribution in [0.2, 0.25) is 0 Å². The Morgan fingerprint density at radius 3 is 2.43 bits per heavy atom. The Morgan fingerprint density at radius 1 is 1.29 bits per heavy atom. The van der Waals surface area contributed by atoms with E-state index in [1.54, 1.807) is 0 Å². The lowest BCUT2D eigenvalue weighted by atomic mass is 9.85. The second-order valence-corrected chi connectivity index (χ2v) is 4.65. The second-order valence-electron chi connectivity index (χ2n) is 4.65. The van der Waals surface area contributed by atoms with Crippen molar-refractivity contribution in [2.24, 2.45) is 5.92 Å². The summed E-state index contributed by atoms with van der Waals surface area (Å²) in [5, 5.41) is 0. The van der Waals surface area contributed by atoms with Crippen molar-refractivity contribution in [1.29, 1.82) is 0 Å². The first kappa shape index (κ1) is 9.81. The van der Waals surface area contributed by atoms with Crippen molar-refractivity contribution in [3.8, 4) is 0 Å². The second kappa shape index (κ2) is 4.20. The van der Waals surface area contributed by atoms with E-state index >= 15 is 0 Å². The number of likely N-dealkylation sites (tertiary alicyclic amines) is 1. The summed E-state index contributed by atoms with van der Waals surface area (Å²) in [6, 6.07) is 0.245. The molecule has 2 rings (SSSR count). The summed E-state index contributed by atoms with van der Waals surface area (Å²) < 4.78 is 0. The fraction of sp³-hybridized carbons (Fsp3) is 0.909. The van der Waals surface area contributed by atoms with Crippen molar-refractivity contribution in [1.82, 2.24) is 9.80 Å². The largest absolute Gasteiger partial charge is 0.327 e. The highest BCUT2D eigenvalue weighted by molar-refractivity contribution is 5.74. The van der Waals surface area contributed by atoms with E-state index in [-0.39, 0.29) is 6.03 Å². The predicted molar refractivity (Wildman–Crippen MR) is 56.2 cm³/mol. The number of urea groups is 1. The highest BCUT2D eigenvalue weighted by atomic mass is 16.2. The molecule has 0 aromatic rings. The van der Waals surface area contributed by atoms with Crippen LogP contribution in [-0.2, 0) is 0 Å². The molecule has 0 spiro atoms. The number of nitrogens with zero attached hydrogens (tertiary/aromatic N) is 2. The topological polar surface area (TPSA) is 23.6 Å². The smallest absolute Gasteiger partial charge is 0.319 e. The van der Waals surface area contributed by atoms with Crippen LogP contribution < -0.4 is 0 Å². The lowest BCUT2D eigenvalue weighted by molar-refractivity contribution is 0.153. The van der Waals surface area contributed by atoms with E-state index < -0.39 is 0 Å². The predicted octanol–water partition coefficient (Wildman–Crippen LogP) is 1.93. The van der Waals surface area contributed by atoms with E-state index in [2.05, 4.69) is 0 Å². The first-order valence-electron chi connectivity index (χ1n) is 5.77. The molecule has 1 aliphatic carbocycles. The van der Waals surface area contributed by atoms with Gasteiger partial charge in [0.25, 0.3) is 0 Å². The summed E-state index contributed by atoms with van der Waals surface area (Å²) in [7, 11) is 1.94. The van der Waals surface area contributed by atoms with Gasteiger partial charge in [-0.15, -0.1) is 0 Å². The molecule has 2 aliphatic rings. The highest BCUT2D eigenvalue weighted by Gasteiger charge is 2.25. The number of carbonyl (C=O) groups excluding carboxylic acids is 1. The Morgan fingerprint density at radius 2 is 1.93 bits per heavy atom. The van der Waals surface area contributed by atoms with Gasteiger partial charge < -0.3 is 9.80 Å². The average Bonchev–Trinajstić information content (AvgIpc) is 2.62. The lowest BCUT2D eigenvalue weighted by Crippen LogP contribution is -2.42. The molecule has 2 amide bonds. The molecular weight excluding hydrogens is 176 g/mol. The fourth-order valence-electron chi connectivity index (χ4n) is 2.29. The van der Waals surface area contributed by atoms with Crippen LogP contribution in [0.15, 0.2) is 0 Å². The summed E-state index contributed by atoms with van der Waals surface area (Å²) in [5.41, 5.74) is 0. The maximum Gasteiger partial charge on any atom is 0.319 e. The van der Waals surface area contributed by atoms with Gasteiger partial charge in [-0.2, -0.15) is 0 Å². The normalized spacial score (nSPS) is 22.2. The Hall–Kier alpha value is -0.730. The van der Waals surface area contributed by atoms with Crippen molar-refractivity contribution >= 4 is 6.03 Å². The third-order valence-corrected chi connectivity index (χ3v) is 3.46. The van der Waals surface area contributed by atoms with Gasteiger partial charge in [-0.05, 0) is 31.6 Å². The van der Waals surface area contributed by atoms with Crippen molar-refractivity contribution in [2.45, 2.75) is 32.1 Å². The van der Waals surface area contributed by atoms with Crippen LogP contribution in [0.4, 0.5) is 4.79 Å². The summed E-state index contributed by atoms with van der Waals surface area (Å²) in [6.45, 7) is 2.90. The van der Waals surface area contributed by atoms with Gasteiger partial charge in [-0.1, -0.05) is 6.42 Å². The number of amides is 2. The Bertz CT molecular complexity index is 207. The van der Waals surface area contributed by atoms with Gasteiger partial charge in [0.1, 0.15) is 0 Å². The van der Waals surface area contributed by atoms with Gasteiger partial charge in [-0.25, -0.2) is 4.79 Å². The van der Waals surface area contributed by atoms with Crippen LogP contribution in [-0.4, -0.2) is 42.5 Å². The molecule has 1 saturated heterocycles. The summed E-state index contributed by atoms with van der Waals surface area (Å²) in [4.78, 5) is 15.8. The minimum absolute atomic E-state index is 0.245. The van der Waals surface area contributed by atoms with Gasteiger partial charge in [0.2, 0.25) is 0 Å². The van der Waals surface area contributed by atoms with Crippen molar-refractivity contribution < 1.29 is 4.79 Å². The molecular formula is C11H20N2O. The van der Waals surface area contributed by atoms with Crippen LogP contribution in [0.25, 0.3) is 0 Å². The van der Waals surface area contributed by atoms with E-state index in [0.717, 1.165) is 25.6 Å². The summed E-state index contributed by atoms with van der Waals surface area (Å²) in [6.07, 6.45) is 6.36. The molecule has 80 valence electrons. The van der Waals surface area contributed by atoms with E-state index in [9.17, 15) is 4.79 Å². The molecule has 1 saturated carbocycles. The van der Waals surface area contributed by atoms with E-state index in [1.807, 2.05) is 16.8 Å². The number of rotatable bonds is 2. The zero-order valence-electron chi connectivity index (χ0n) is 9.04. The molecule has 3 nitrogen and oxygen atoms in total. The minimum Gasteiger partial charge on any atom is -0.327 e. The van der Waals surface area contributed by atoms with Crippen LogP contribution in [0.5, 0.6) is 0 Å². The number of carbonyl (C=O) groups is 1. The highest BCUT2D eigenvalue weighted by Crippen LogP contribution is 2.27. The molecule has 0 radical (unpaired) electrons. The van der Waals surface area contributed by atoms with Gasteiger partial charge in [0.15, 0.2) is 0 Å². The van der Waals surface area contributed by atoms with Crippen molar-refractivity contribution in [3.05, 3.63) is 0 Å². The first-order valence-corrected chi connectivity index (χ1v) is 5.77. The lowest BCUT2D eigenvalue weighted by Gasteiger charge is -2.32. The molecule has 1 heterocycles. The Kier molecular flexibility index (Phi) is 2.94.